The van der Waals surface area contributed by atoms with Crippen molar-refractivity contribution in [3.05, 3.63) is 11.1 Å². The lowest BCUT2D eigenvalue weighted by Gasteiger charge is -1.92. The third kappa shape index (κ3) is 1.01. The van der Waals surface area contributed by atoms with E-state index in [1.165, 1.54) is 6.92 Å². The highest BCUT2D eigenvalue weighted by molar-refractivity contribution is 6.08. The Morgan fingerprint density at radius 2 is 2.00 bits per heavy atom. The molecule has 2 heteroatoms. The summed E-state index contributed by atoms with van der Waals surface area (Å²) in [5, 5.41) is 0. The van der Waals surface area contributed by atoms with Crippen LogP contribution in [0.25, 0.3) is 0 Å². The maximum absolute atomic E-state index is 10.9. The quantitative estimate of drug-likeness (QED) is 0.546. The number of ketones is 2. The summed E-state index contributed by atoms with van der Waals surface area (Å²) in [6.07, 6.45) is 1.18. The van der Waals surface area contributed by atoms with E-state index in [4.69, 9.17) is 0 Å². The highest BCUT2D eigenvalue weighted by atomic mass is 16.1. The van der Waals surface area contributed by atoms with Crippen molar-refractivity contribution in [3.63, 3.8) is 0 Å². The monoisotopic (exact) mass is 138 g/mol. The SMILES string of the molecule is CC(=O)C1=C(C)C(=O)CC1. The number of hydrogen-bond acceptors (Lipinski definition) is 2. The zero-order chi connectivity index (χ0) is 7.72. The van der Waals surface area contributed by atoms with Gasteiger partial charge in [0.1, 0.15) is 0 Å². The molecule has 0 atom stereocenters. The van der Waals surface area contributed by atoms with Crippen LogP contribution >= 0.6 is 0 Å². The predicted molar refractivity (Wildman–Crippen MR) is 37.6 cm³/mol. The Bertz CT molecular complexity index is 223. The van der Waals surface area contributed by atoms with Gasteiger partial charge in [-0.2, -0.15) is 0 Å². The molecule has 0 heterocycles. The summed E-state index contributed by atoms with van der Waals surface area (Å²) in [7, 11) is 0. The summed E-state index contributed by atoms with van der Waals surface area (Å²) in [6.45, 7) is 3.24. The summed E-state index contributed by atoms with van der Waals surface area (Å²) >= 11 is 0. The van der Waals surface area contributed by atoms with Gasteiger partial charge in [0.05, 0.1) is 0 Å². The van der Waals surface area contributed by atoms with E-state index < -0.39 is 0 Å². The van der Waals surface area contributed by atoms with Crippen molar-refractivity contribution in [2.24, 2.45) is 0 Å². The van der Waals surface area contributed by atoms with Gasteiger partial charge in [0.2, 0.25) is 0 Å². The van der Waals surface area contributed by atoms with Crippen LogP contribution in [0.5, 0.6) is 0 Å². The van der Waals surface area contributed by atoms with Crippen molar-refractivity contribution in [1.29, 1.82) is 0 Å². The predicted octanol–water partition coefficient (Wildman–Crippen LogP) is 1.25. The lowest BCUT2D eigenvalue weighted by Crippen LogP contribution is -1.96. The van der Waals surface area contributed by atoms with Crippen LogP contribution in [0.3, 0.4) is 0 Å². The standard InChI is InChI=1S/C8H10O2/c1-5-7(6(2)9)3-4-8(5)10/h3-4H2,1-2H3. The van der Waals surface area contributed by atoms with E-state index >= 15 is 0 Å². The molecule has 0 spiro atoms. The normalized spacial score (nSPS) is 18.4. The Balaban J connectivity index is 2.96. The second kappa shape index (κ2) is 2.37. The van der Waals surface area contributed by atoms with Gasteiger partial charge in [-0.15, -0.1) is 0 Å². The second-order valence-corrected chi connectivity index (χ2v) is 2.58. The van der Waals surface area contributed by atoms with Crippen LogP contribution in [0.1, 0.15) is 26.7 Å². The molecule has 0 fully saturated rings. The molecular weight excluding hydrogens is 128 g/mol. The molecule has 0 saturated carbocycles. The fraction of sp³-hybridized carbons (Fsp3) is 0.500. The smallest absolute Gasteiger partial charge is 0.159 e. The minimum absolute atomic E-state index is 0.0448. The Kier molecular flexibility index (Phi) is 1.70. The molecule has 0 saturated heterocycles. The first-order valence-electron chi connectivity index (χ1n) is 3.37. The third-order valence-electron chi connectivity index (χ3n) is 1.90. The fourth-order valence-corrected chi connectivity index (χ4v) is 1.22. The number of rotatable bonds is 1. The van der Waals surface area contributed by atoms with Gasteiger partial charge in [-0.3, -0.25) is 9.59 Å². The molecule has 0 aromatic heterocycles. The zero-order valence-corrected chi connectivity index (χ0v) is 6.23. The Labute approximate surface area is 59.9 Å². The number of carbonyl (C=O) groups excluding carboxylic acids is 2. The lowest BCUT2D eigenvalue weighted by atomic mass is 10.1. The molecule has 0 amide bonds. The van der Waals surface area contributed by atoms with Gasteiger partial charge in [-0.1, -0.05) is 0 Å². The molecule has 1 rings (SSSR count). The van der Waals surface area contributed by atoms with Gasteiger partial charge in [-0.25, -0.2) is 0 Å². The van der Waals surface area contributed by atoms with E-state index in [9.17, 15) is 9.59 Å². The van der Waals surface area contributed by atoms with Gasteiger partial charge in [-0.05, 0) is 25.8 Å². The Hall–Kier alpha value is -0.920. The van der Waals surface area contributed by atoms with Crippen molar-refractivity contribution in [2.75, 3.05) is 0 Å². The molecule has 2 nitrogen and oxygen atoms in total. The molecule has 0 unspecified atom stereocenters. The van der Waals surface area contributed by atoms with E-state index in [1.54, 1.807) is 6.92 Å². The van der Waals surface area contributed by atoms with Crippen molar-refractivity contribution in [1.82, 2.24) is 0 Å². The van der Waals surface area contributed by atoms with Gasteiger partial charge in [0.25, 0.3) is 0 Å². The first kappa shape index (κ1) is 7.19. The van der Waals surface area contributed by atoms with E-state index in [0.717, 1.165) is 5.57 Å². The molecule has 10 heavy (non-hydrogen) atoms. The summed E-state index contributed by atoms with van der Waals surface area (Å²) in [6, 6.07) is 0. The molecule has 0 radical (unpaired) electrons. The maximum Gasteiger partial charge on any atom is 0.159 e. The largest absolute Gasteiger partial charge is 0.295 e. The highest BCUT2D eigenvalue weighted by Gasteiger charge is 2.21. The maximum atomic E-state index is 10.9. The number of Topliss-reactive ketones (excluding diaryl/α,β-unsaturated/α-hetero) is 2. The first-order chi connectivity index (χ1) is 4.63. The van der Waals surface area contributed by atoms with Crippen LogP contribution in [0.4, 0.5) is 0 Å². The van der Waals surface area contributed by atoms with Crippen molar-refractivity contribution in [3.8, 4) is 0 Å². The second-order valence-electron chi connectivity index (χ2n) is 2.58. The van der Waals surface area contributed by atoms with E-state index in [1.807, 2.05) is 0 Å². The van der Waals surface area contributed by atoms with Crippen molar-refractivity contribution in [2.45, 2.75) is 26.7 Å². The minimum Gasteiger partial charge on any atom is -0.295 e. The molecule has 0 aliphatic heterocycles. The van der Waals surface area contributed by atoms with Gasteiger partial charge < -0.3 is 0 Å². The molecule has 1 aliphatic carbocycles. The van der Waals surface area contributed by atoms with E-state index in [2.05, 4.69) is 0 Å². The van der Waals surface area contributed by atoms with E-state index in [-0.39, 0.29) is 11.6 Å². The minimum atomic E-state index is 0.0448. The van der Waals surface area contributed by atoms with Crippen LogP contribution in [0.15, 0.2) is 11.1 Å². The average molecular weight is 138 g/mol. The molecule has 54 valence electrons. The molecule has 0 aromatic carbocycles. The molecule has 0 N–H and O–H groups in total. The van der Waals surface area contributed by atoms with Crippen molar-refractivity contribution >= 4 is 11.6 Å². The average Bonchev–Trinajstić information content (AvgIpc) is 2.14. The fourth-order valence-electron chi connectivity index (χ4n) is 1.22. The van der Waals surface area contributed by atoms with Crippen LogP contribution in [0.2, 0.25) is 0 Å². The summed E-state index contributed by atoms with van der Waals surface area (Å²) in [5.74, 6) is 0.175. The van der Waals surface area contributed by atoms with Gasteiger partial charge >= 0.3 is 0 Å². The number of hydrogen-bond donors (Lipinski definition) is 0. The molecule has 0 aromatic rings. The molecule has 0 bridgehead atoms. The van der Waals surface area contributed by atoms with Crippen LogP contribution in [-0.4, -0.2) is 11.6 Å². The topological polar surface area (TPSA) is 34.1 Å². The first-order valence-corrected chi connectivity index (χ1v) is 3.37. The third-order valence-corrected chi connectivity index (χ3v) is 1.90. The van der Waals surface area contributed by atoms with Crippen LogP contribution in [-0.2, 0) is 9.59 Å². The van der Waals surface area contributed by atoms with Gasteiger partial charge in [0.15, 0.2) is 11.6 Å². The summed E-state index contributed by atoms with van der Waals surface area (Å²) in [4.78, 5) is 21.7. The summed E-state index contributed by atoms with van der Waals surface area (Å²) in [5.41, 5.74) is 1.40. The molecule has 1 aliphatic rings. The van der Waals surface area contributed by atoms with E-state index in [0.29, 0.717) is 18.4 Å². The molecular formula is C8H10O2. The summed E-state index contributed by atoms with van der Waals surface area (Å²) < 4.78 is 0. The zero-order valence-electron chi connectivity index (χ0n) is 6.23. The van der Waals surface area contributed by atoms with Crippen LogP contribution < -0.4 is 0 Å². The van der Waals surface area contributed by atoms with Crippen molar-refractivity contribution < 1.29 is 9.59 Å². The number of allylic oxidation sites excluding steroid dienone is 2. The lowest BCUT2D eigenvalue weighted by molar-refractivity contribution is -0.115. The number of carbonyl (C=O) groups is 2. The van der Waals surface area contributed by atoms with Gasteiger partial charge in [0, 0.05) is 12.0 Å². The Morgan fingerprint density at radius 3 is 2.20 bits per heavy atom. The van der Waals surface area contributed by atoms with Crippen LogP contribution in [0, 0.1) is 0 Å². The Morgan fingerprint density at radius 1 is 1.40 bits per heavy atom. The highest BCUT2D eigenvalue weighted by Crippen LogP contribution is 2.22.